The van der Waals surface area contributed by atoms with Gasteiger partial charge < -0.3 is 4.74 Å². The van der Waals surface area contributed by atoms with Crippen LogP contribution in [0, 0.1) is 11.8 Å². The Morgan fingerprint density at radius 1 is 1.33 bits per heavy atom. The van der Waals surface area contributed by atoms with Gasteiger partial charge in [-0.05, 0) is 25.2 Å². The molecule has 0 saturated heterocycles. The number of carbonyl (C=O) groups excluding carboxylic acids is 1. The van der Waals surface area contributed by atoms with Crippen LogP contribution >= 0.6 is 0 Å². The highest BCUT2D eigenvalue weighted by atomic mass is 16.5. The molecule has 1 aliphatic rings. The van der Waals surface area contributed by atoms with Crippen LogP contribution in [0.15, 0.2) is 0 Å². The van der Waals surface area contributed by atoms with E-state index in [4.69, 9.17) is 4.74 Å². The summed E-state index contributed by atoms with van der Waals surface area (Å²) in [6, 6.07) is 0. The lowest BCUT2D eigenvalue weighted by molar-refractivity contribution is -0.123. The molecule has 0 aliphatic heterocycles. The number of Topliss-reactive ketones (excluding diaryl/α,β-unsaturated/α-hetero) is 1. The maximum atomic E-state index is 11.7. The molecule has 15 heavy (non-hydrogen) atoms. The number of hydrogen-bond acceptors (Lipinski definition) is 2. The van der Waals surface area contributed by atoms with Crippen LogP contribution in [-0.2, 0) is 9.53 Å². The van der Waals surface area contributed by atoms with Crippen LogP contribution in [0.2, 0.25) is 0 Å². The first-order valence-corrected chi connectivity index (χ1v) is 6.30. The Labute approximate surface area is 93.4 Å². The van der Waals surface area contributed by atoms with E-state index >= 15 is 0 Å². The summed E-state index contributed by atoms with van der Waals surface area (Å²) < 4.78 is 5.53. The van der Waals surface area contributed by atoms with Crippen molar-refractivity contribution in [2.75, 3.05) is 13.2 Å². The second kappa shape index (κ2) is 7.00. The van der Waals surface area contributed by atoms with E-state index in [2.05, 4.69) is 13.8 Å². The Kier molecular flexibility index (Phi) is 5.92. The van der Waals surface area contributed by atoms with Crippen molar-refractivity contribution < 1.29 is 9.53 Å². The number of rotatable bonds is 5. The van der Waals surface area contributed by atoms with Gasteiger partial charge in [-0.3, -0.25) is 4.79 Å². The third-order valence-corrected chi connectivity index (χ3v) is 2.99. The predicted molar refractivity (Wildman–Crippen MR) is 61.9 cm³/mol. The number of carbonyl (C=O) groups is 1. The Hall–Kier alpha value is -0.370. The van der Waals surface area contributed by atoms with E-state index < -0.39 is 0 Å². The minimum absolute atomic E-state index is 0.291. The first-order valence-electron chi connectivity index (χ1n) is 6.30. The van der Waals surface area contributed by atoms with Gasteiger partial charge in [0.05, 0.1) is 0 Å². The molecule has 0 radical (unpaired) electrons. The van der Waals surface area contributed by atoms with Gasteiger partial charge in [0.15, 0.2) is 0 Å². The standard InChI is InChI=1S/C13H24O2/c1-11(2)10-15-9-8-12-6-4-3-5-7-13(12)14/h11-12H,3-10H2,1-2H3. The molecule has 0 bridgehead atoms. The van der Waals surface area contributed by atoms with Crippen molar-refractivity contribution in [1.82, 2.24) is 0 Å². The molecule has 1 fully saturated rings. The lowest BCUT2D eigenvalue weighted by Crippen LogP contribution is -2.15. The van der Waals surface area contributed by atoms with Gasteiger partial charge in [0.1, 0.15) is 5.78 Å². The zero-order valence-corrected chi connectivity index (χ0v) is 10.1. The number of ether oxygens (including phenoxy) is 1. The van der Waals surface area contributed by atoms with Gasteiger partial charge >= 0.3 is 0 Å². The predicted octanol–water partition coefficient (Wildman–Crippen LogP) is 3.20. The van der Waals surface area contributed by atoms with E-state index in [1.165, 1.54) is 12.8 Å². The monoisotopic (exact) mass is 212 g/mol. The number of hydrogen-bond donors (Lipinski definition) is 0. The molecule has 0 amide bonds. The van der Waals surface area contributed by atoms with Crippen molar-refractivity contribution in [2.24, 2.45) is 11.8 Å². The summed E-state index contributed by atoms with van der Waals surface area (Å²) >= 11 is 0. The molecule has 1 aliphatic carbocycles. The van der Waals surface area contributed by atoms with E-state index in [9.17, 15) is 4.79 Å². The molecule has 0 N–H and O–H groups in total. The van der Waals surface area contributed by atoms with Crippen molar-refractivity contribution >= 4 is 5.78 Å². The second-order valence-electron chi connectivity index (χ2n) is 5.02. The van der Waals surface area contributed by atoms with E-state index in [1.807, 2.05) is 0 Å². The smallest absolute Gasteiger partial charge is 0.136 e. The summed E-state index contributed by atoms with van der Waals surface area (Å²) in [6.07, 6.45) is 6.38. The van der Waals surface area contributed by atoms with Crippen molar-refractivity contribution in [3.63, 3.8) is 0 Å². The average Bonchev–Trinajstić information content (AvgIpc) is 2.38. The summed E-state index contributed by atoms with van der Waals surface area (Å²) in [7, 11) is 0. The number of ketones is 1. The summed E-state index contributed by atoms with van der Waals surface area (Å²) in [5.74, 6) is 1.36. The molecule has 88 valence electrons. The molecule has 2 heteroatoms. The normalized spacial score (nSPS) is 23.1. The molecule has 0 aromatic carbocycles. The van der Waals surface area contributed by atoms with Gasteiger partial charge in [0.2, 0.25) is 0 Å². The third-order valence-electron chi connectivity index (χ3n) is 2.99. The average molecular weight is 212 g/mol. The summed E-state index contributed by atoms with van der Waals surface area (Å²) in [4.78, 5) is 11.7. The molecule has 1 rings (SSSR count). The molecule has 1 saturated carbocycles. The van der Waals surface area contributed by atoms with Crippen LogP contribution in [0.4, 0.5) is 0 Å². The Bertz CT molecular complexity index is 187. The molecule has 1 unspecified atom stereocenters. The molecular formula is C13H24O2. The first kappa shape index (κ1) is 12.7. The van der Waals surface area contributed by atoms with Gasteiger partial charge in [-0.15, -0.1) is 0 Å². The summed E-state index contributed by atoms with van der Waals surface area (Å²) in [5.41, 5.74) is 0. The molecule has 0 aromatic rings. The van der Waals surface area contributed by atoms with Gasteiger partial charge in [0, 0.05) is 25.6 Å². The fraction of sp³-hybridized carbons (Fsp3) is 0.923. The molecule has 0 aromatic heterocycles. The highest BCUT2D eigenvalue weighted by Gasteiger charge is 2.20. The van der Waals surface area contributed by atoms with E-state index in [-0.39, 0.29) is 0 Å². The summed E-state index contributed by atoms with van der Waals surface area (Å²) in [6.45, 7) is 5.88. The van der Waals surface area contributed by atoms with E-state index in [0.29, 0.717) is 17.6 Å². The fourth-order valence-electron chi connectivity index (χ4n) is 2.08. The first-order chi connectivity index (χ1) is 7.20. The van der Waals surface area contributed by atoms with Crippen molar-refractivity contribution in [2.45, 2.75) is 52.4 Å². The van der Waals surface area contributed by atoms with Gasteiger partial charge in [-0.2, -0.15) is 0 Å². The maximum absolute atomic E-state index is 11.7. The van der Waals surface area contributed by atoms with Gasteiger partial charge in [-0.1, -0.05) is 26.7 Å². The van der Waals surface area contributed by atoms with Crippen LogP contribution in [0.1, 0.15) is 52.4 Å². The fourth-order valence-corrected chi connectivity index (χ4v) is 2.08. The molecule has 1 atom stereocenters. The quantitative estimate of drug-likeness (QED) is 0.517. The van der Waals surface area contributed by atoms with Crippen LogP contribution in [0.3, 0.4) is 0 Å². The van der Waals surface area contributed by atoms with E-state index in [1.54, 1.807) is 0 Å². The Balaban J connectivity index is 2.15. The van der Waals surface area contributed by atoms with Crippen molar-refractivity contribution in [3.8, 4) is 0 Å². The molecule has 0 heterocycles. The van der Waals surface area contributed by atoms with Crippen molar-refractivity contribution in [3.05, 3.63) is 0 Å². The zero-order chi connectivity index (χ0) is 11.1. The van der Waals surface area contributed by atoms with Crippen LogP contribution in [0.5, 0.6) is 0 Å². The third kappa shape index (κ3) is 5.31. The zero-order valence-electron chi connectivity index (χ0n) is 10.1. The van der Waals surface area contributed by atoms with Crippen molar-refractivity contribution in [1.29, 1.82) is 0 Å². The lowest BCUT2D eigenvalue weighted by Gasteiger charge is -2.13. The van der Waals surface area contributed by atoms with Crippen LogP contribution in [-0.4, -0.2) is 19.0 Å². The SMILES string of the molecule is CC(C)COCCC1CCCCCC1=O. The Morgan fingerprint density at radius 3 is 2.87 bits per heavy atom. The second-order valence-corrected chi connectivity index (χ2v) is 5.02. The van der Waals surface area contributed by atoms with E-state index in [0.717, 1.165) is 38.9 Å². The Morgan fingerprint density at radius 2 is 2.13 bits per heavy atom. The summed E-state index contributed by atoms with van der Waals surface area (Å²) in [5, 5.41) is 0. The minimum Gasteiger partial charge on any atom is -0.381 e. The topological polar surface area (TPSA) is 26.3 Å². The largest absolute Gasteiger partial charge is 0.381 e. The van der Waals surface area contributed by atoms with Crippen LogP contribution in [0.25, 0.3) is 0 Å². The highest BCUT2D eigenvalue weighted by Crippen LogP contribution is 2.22. The minimum atomic E-state index is 0.291. The maximum Gasteiger partial charge on any atom is 0.136 e. The van der Waals surface area contributed by atoms with Crippen LogP contribution < -0.4 is 0 Å². The van der Waals surface area contributed by atoms with Gasteiger partial charge in [-0.25, -0.2) is 0 Å². The highest BCUT2D eigenvalue weighted by molar-refractivity contribution is 5.81. The molecular weight excluding hydrogens is 188 g/mol. The lowest BCUT2D eigenvalue weighted by atomic mass is 9.96. The molecule has 2 nitrogen and oxygen atoms in total. The van der Waals surface area contributed by atoms with Gasteiger partial charge in [0.25, 0.3) is 0 Å². The molecule has 0 spiro atoms.